The van der Waals surface area contributed by atoms with Crippen molar-refractivity contribution in [3.63, 3.8) is 0 Å². The molecule has 0 radical (unpaired) electrons. The topological polar surface area (TPSA) is 146 Å². The fourth-order valence-corrected chi connectivity index (χ4v) is 3.57. The molecule has 0 fully saturated rings. The minimum Gasteiger partial charge on any atom is -0.312 e. The van der Waals surface area contributed by atoms with Crippen LogP contribution in [-0.4, -0.2) is 54.1 Å². The zero-order valence-corrected chi connectivity index (χ0v) is 22.4. The Balaban J connectivity index is 1.93. The van der Waals surface area contributed by atoms with Gasteiger partial charge in [0.05, 0.1) is 18.6 Å². The first-order valence-corrected chi connectivity index (χ1v) is 11.9. The maximum atomic E-state index is 13.2. The van der Waals surface area contributed by atoms with Gasteiger partial charge >= 0.3 is 11.9 Å². The third-order valence-electron chi connectivity index (χ3n) is 6.00. The predicted octanol–water partition coefficient (Wildman–Crippen LogP) is 2.74. The third kappa shape index (κ3) is 6.13. The van der Waals surface area contributed by atoms with E-state index in [1.165, 1.54) is 50.0 Å². The lowest BCUT2D eigenvalue weighted by atomic mass is 10.1. The number of hydrogen-bond acceptors (Lipinski definition) is 7. The van der Waals surface area contributed by atoms with Crippen LogP contribution in [0.15, 0.2) is 50.3 Å². The lowest BCUT2D eigenvalue weighted by Gasteiger charge is -2.15. The van der Waals surface area contributed by atoms with Crippen LogP contribution in [0.5, 0.6) is 0 Å². The van der Waals surface area contributed by atoms with E-state index in [0.29, 0.717) is 0 Å². The summed E-state index contributed by atoms with van der Waals surface area (Å²) in [5, 5.41) is 2.60. The zero-order chi connectivity index (χ0) is 29.9. The van der Waals surface area contributed by atoms with Crippen molar-refractivity contribution in [3.8, 4) is 0 Å². The molecule has 0 saturated carbocycles. The highest BCUT2D eigenvalue weighted by Gasteiger charge is 2.35. The van der Waals surface area contributed by atoms with Crippen molar-refractivity contribution in [1.82, 2.24) is 23.7 Å². The SMILES string of the molecule is C=NC(=N/C=C(\C)c1cccc(NC(=O)[C@H](C)n2cnc3c2c(=O)n(CC(=O)C(C)C)c(=O)n3C)n1)C(F)(F)F. The number of ketones is 1. The van der Waals surface area contributed by atoms with E-state index >= 15 is 0 Å². The van der Waals surface area contributed by atoms with Crippen molar-refractivity contribution in [2.75, 3.05) is 5.32 Å². The number of imidazole rings is 1. The van der Waals surface area contributed by atoms with Crippen LogP contribution in [0.1, 0.15) is 39.4 Å². The summed E-state index contributed by atoms with van der Waals surface area (Å²) in [6.07, 6.45) is -2.59. The number of aliphatic imine (C=N–C) groups is 2. The van der Waals surface area contributed by atoms with E-state index in [1.807, 2.05) is 0 Å². The zero-order valence-electron chi connectivity index (χ0n) is 22.4. The number of carbonyl (C=O) groups excluding carboxylic acids is 2. The van der Waals surface area contributed by atoms with Gasteiger partial charge in [-0.05, 0) is 38.3 Å². The molecule has 1 amide bonds. The Morgan fingerprint density at radius 2 is 1.88 bits per heavy atom. The maximum absolute atomic E-state index is 13.2. The summed E-state index contributed by atoms with van der Waals surface area (Å²) in [7, 11) is 1.40. The molecule has 0 aliphatic carbocycles. The first-order chi connectivity index (χ1) is 18.7. The van der Waals surface area contributed by atoms with E-state index in [9.17, 15) is 32.3 Å². The second-order valence-corrected chi connectivity index (χ2v) is 9.17. The second kappa shape index (κ2) is 11.6. The molecule has 212 valence electrons. The van der Waals surface area contributed by atoms with Crippen molar-refractivity contribution < 1.29 is 22.8 Å². The monoisotopic (exact) mass is 560 g/mol. The molecule has 1 atom stereocenters. The van der Waals surface area contributed by atoms with Crippen LogP contribution in [0.4, 0.5) is 19.0 Å². The highest BCUT2D eigenvalue weighted by Crippen LogP contribution is 2.20. The van der Waals surface area contributed by atoms with Crippen LogP contribution < -0.4 is 16.6 Å². The van der Waals surface area contributed by atoms with E-state index in [-0.39, 0.29) is 34.0 Å². The van der Waals surface area contributed by atoms with Crippen LogP contribution in [0, 0.1) is 5.92 Å². The van der Waals surface area contributed by atoms with E-state index < -0.39 is 47.7 Å². The Labute approximate surface area is 225 Å². The Kier molecular flexibility index (Phi) is 8.65. The van der Waals surface area contributed by atoms with Gasteiger partial charge in [-0.3, -0.25) is 23.5 Å². The van der Waals surface area contributed by atoms with Gasteiger partial charge in [0.1, 0.15) is 11.9 Å². The number of nitrogens with zero attached hydrogens (tertiary/aromatic N) is 7. The Morgan fingerprint density at radius 1 is 1.20 bits per heavy atom. The Bertz CT molecular complexity index is 1660. The van der Waals surface area contributed by atoms with Gasteiger partial charge in [-0.1, -0.05) is 19.9 Å². The number of hydrogen-bond donors (Lipinski definition) is 1. The molecule has 3 aromatic heterocycles. The molecule has 15 heteroatoms. The minimum atomic E-state index is -4.77. The molecule has 3 aromatic rings. The van der Waals surface area contributed by atoms with Crippen molar-refractivity contribution in [2.45, 2.75) is 46.5 Å². The van der Waals surface area contributed by atoms with Gasteiger partial charge < -0.3 is 9.88 Å². The molecule has 0 unspecified atom stereocenters. The van der Waals surface area contributed by atoms with Gasteiger partial charge in [-0.2, -0.15) is 13.2 Å². The largest absolute Gasteiger partial charge is 0.451 e. The smallest absolute Gasteiger partial charge is 0.312 e. The molecule has 3 rings (SSSR count). The number of allylic oxidation sites excluding steroid dienone is 1. The molecule has 12 nitrogen and oxygen atoms in total. The Hall–Kier alpha value is -4.69. The van der Waals surface area contributed by atoms with Gasteiger partial charge in [0.2, 0.25) is 11.7 Å². The van der Waals surface area contributed by atoms with Gasteiger partial charge in [0, 0.05) is 19.2 Å². The predicted molar refractivity (Wildman–Crippen MR) is 143 cm³/mol. The second-order valence-electron chi connectivity index (χ2n) is 9.17. The fraction of sp³-hybridized carbons (Fsp3) is 0.360. The van der Waals surface area contributed by atoms with Crippen LogP contribution >= 0.6 is 0 Å². The number of nitrogens with one attached hydrogen (secondary N) is 1. The van der Waals surface area contributed by atoms with Gasteiger partial charge in [-0.15, -0.1) is 0 Å². The summed E-state index contributed by atoms with van der Waals surface area (Å²) in [5.74, 6) is -2.65. The molecule has 0 aliphatic heterocycles. The molecular formula is C25H27F3N8O4. The number of alkyl halides is 3. The first kappa shape index (κ1) is 29.9. The number of aromatic nitrogens is 5. The number of anilines is 1. The van der Waals surface area contributed by atoms with Crippen LogP contribution in [-0.2, 0) is 23.2 Å². The number of halogens is 3. The third-order valence-corrected chi connectivity index (χ3v) is 6.00. The van der Waals surface area contributed by atoms with Gasteiger partial charge in [0.25, 0.3) is 5.56 Å². The van der Waals surface area contributed by atoms with Crippen LogP contribution in [0.2, 0.25) is 0 Å². The van der Waals surface area contributed by atoms with E-state index in [2.05, 4.69) is 32.0 Å². The molecule has 0 aromatic carbocycles. The molecule has 40 heavy (non-hydrogen) atoms. The lowest BCUT2D eigenvalue weighted by molar-refractivity contribution is -0.122. The number of aryl methyl sites for hydroxylation is 1. The quantitative estimate of drug-likeness (QED) is 0.331. The molecule has 3 heterocycles. The molecule has 1 N–H and O–H groups in total. The summed E-state index contributed by atoms with van der Waals surface area (Å²) in [4.78, 5) is 65.9. The van der Waals surface area contributed by atoms with Gasteiger partial charge in [0.15, 0.2) is 16.9 Å². The number of fused-ring (bicyclic) bond motifs is 1. The summed E-state index contributed by atoms with van der Waals surface area (Å²) < 4.78 is 41.7. The number of amidine groups is 1. The lowest BCUT2D eigenvalue weighted by Crippen LogP contribution is -2.42. The molecule has 0 saturated heterocycles. The number of carbonyl (C=O) groups is 2. The Morgan fingerprint density at radius 3 is 2.48 bits per heavy atom. The van der Waals surface area contributed by atoms with Crippen molar-refractivity contribution >= 4 is 46.8 Å². The molecule has 0 bridgehead atoms. The van der Waals surface area contributed by atoms with Crippen molar-refractivity contribution in [3.05, 3.63) is 57.3 Å². The summed E-state index contributed by atoms with van der Waals surface area (Å²) >= 11 is 0. The first-order valence-electron chi connectivity index (χ1n) is 11.9. The number of Topliss-reactive ketones (excluding diaryl/α,β-unsaturated/α-hetero) is 1. The normalized spacial score (nSPS) is 13.5. The summed E-state index contributed by atoms with van der Waals surface area (Å²) in [6.45, 7) is 8.72. The molecule has 0 spiro atoms. The average Bonchev–Trinajstić information content (AvgIpc) is 3.34. The highest BCUT2D eigenvalue weighted by molar-refractivity contribution is 5.94. The number of pyridine rings is 1. The maximum Gasteiger partial charge on any atom is 0.451 e. The standard InChI is InChI=1S/C25H27F3N8O4/c1-13(2)17(37)11-35-22(39)19-20(34(6)24(35)40)31-12-36(19)15(4)21(38)33-18-9-7-8-16(32-18)14(3)10-30-23(29-5)25(26,27)28/h7-10,12-13,15H,5,11H2,1-4,6H3,(H,32,33,38)/b14-10+,30-23?/t15-/m0/s1. The average molecular weight is 561 g/mol. The van der Waals surface area contributed by atoms with Gasteiger partial charge in [-0.25, -0.2) is 24.7 Å². The van der Waals surface area contributed by atoms with E-state index in [4.69, 9.17) is 0 Å². The molecular weight excluding hydrogens is 533 g/mol. The summed E-state index contributed by atoms with van der Waals surface area (Å²) in [6, 6.07) is 3.51. The minimum absolute atomic E-state index is 0.0385. The molecule has 0 aliphatic rings. The van der Waals surface area contributed by atoms with Crippen LogP contribution in [0.25, 0.3) is 16.7 Å². The van der Waals surface area contributed by atoms with Crippen molar-refractivity contribution in [1.29, 1.82) is 0 Å². The summed E-state index contributed by atoms with van der Waals surface area (Å²) in [5.41, 5.74) is -0.993. The van der Waals surface area contributed by atoms with Crippen molar-refractivity contribution in [2.24, 2.45) is 23.0 Å². The number of rotatable bonds is 8. The van der Waals surface area contributed by atoms with E-state index in [0.717, 1.165) is 15.3 Å². The van der Waals surface area contributed by atoms with E-state index in [1.54, 1.807) is 13.8 Å². The highest BCUT2D eigenvalue weighted by atomic mass is 19.4. The fourth-order valence-electron chi connectivity index (χ4n) is 3.57. The van der Waals surface area contributed by atoms with Crippen LogP contribution in [0.3, 0.4) is 0 Å². The number of amides is 1.